The number of nitrogens with two attached hydrogens (primary N) is 1. The predicted molar refractivity (Wildman–Crippen MR) is 65.5 cm³/mol. The lowest BCUT2D eigenvalue weighted by molar-refractivity contribution is 0.766. The summed E-state index contributed by atoms with van der Waals surface area (Å²) in [5, 5.41) is 8.26. The van der Waals surface area contributed by atoms with Crippen molar-refractivity contribution in [1.82, 2.24) is 14.6 Å². The summed E-state index contributed by atoms with van der Waals surface area (Å²) in [6.45, 7) is 0. The third-order valence-electron chi connectivity index (χ3n) is 2.78. The second kappa shape index (κ2) is 3.99. The van der Waals surface area contributed by atoms with E-state index in [-0.39, 0.29) is 6.04 Å². The molecule has 0 aliphatic rings. The third-order valence-corrected chi connectivity index (χ3v) is 2.78. The smallest absolute Gasteiger partial charge is 0.160 e. The maximum atomic E-state index is 6.20. The molecule has 2 aromatic heterocycles. The Hall–Kier alpha value is -2.20. The number of pyridine rings is 1. The van der Waals surface area contributed by atoms with Crippen LogP contribution in [0.1, 0.15) is 17.4 Å². The second-order valence-corrected chi connectivity index (χ2v) is 3.88. The zero-order valence-electron chi connectivity index (χ0n) is 9.19. The van der Waals surface area contributed by atoms with Crippen molar-refractivity contribution < 1.29 is 0 Å². The number of benzene rings is 1. The first-order valence-corrected chi connectivity index (χ1v) is 5.46. The van der Waals surface area contributed by atoms with Crippen molar-refractivity contribution in [3.05, 3.63) is 66.1 Å². The van der Waals surface area contributed by atoms with Gasteiger partial charge >= 0.3 is 0 Å². The van der Waals surface area contributed by atoms with E-state index >= 15 is 0 Å². The Bertz CT molecular complexity index is 630. The summed E-state index contributed by atoms with van der Waals surface area (Å²) < 4.78 is 1.91. The normalized spacial score (nSPS) is 12.8. The highest BCUT2D eigenvalue weighted by atomic mass is 15.3. The highest BCUT2D eigenvalue weighted by Crippen LogP contribution is 2.17. The van der Waals surface area contributed by atoms with Crippen LogP contribution >= 0.6 is 0 Å². The maximum Gasteiger partial charge on any atom is 0.160 e. The third kappa shape index (κ3) is 1.68. The van der Waals surface area contributed by atoms with Crippen LogP contribution in [0.4, 0.5) is 0 Å². The molecule has 0 fully saturated rings. The Morgan fingerprint density at radius 1 is 0.941 bits per heavy atom. The van der Waals surface area contributed by atoms with E-state index in [1.807, 2.05) is 59.1 Å². The largest absolute Gasteiger partial charge is 0.318 e. The molecule has 1 aromatic carbocycles. The van der Waals surface area contributed by atoms with E-state index in [0.29, 0.717) is 0 Å². The summed E-state index contributed by atoms with van der Waals surface area (Å²) in [6.07, 6.45) is 1.92. The van der Waals surface area contributed by atoms with E-state index in [9.17, 15) is 0 Å². The molecule has 2 heterocycles. The van der Waals surface area contributed by atoms with Gasteiger partial charge in [0.1, 0.15) is 0 Å². The maximum absolute atomic E-state index is 6.20. The average molecular weight is 224 g/mol. The zero-order chi connectivity index (χ0) is 11.7. The van der Waals surface area contributed by atoms with Crippen LogP contribution in [0.25, 0.3) is 5.65 Å². The Labute approximate surface area is 98.7 Å². The fourth-order valence-corrected chi connectivity index (χ4v) is 1.88. The Balaban J connectivity index is 2.10. The van der Waals surface area contributed by atoms with Gasteiger partial charge in [-0.05, 0) is 17.7 Å². The molecule has 0 bridgehead atoms. The zero-order valence-corrected chi connectivity index (χ0v) is 9.19. The molecular weight excluding hydrogens is 212 g/mol. The van der Waals surface area contributed by atoms with Crippen molar-refractivity contribution >= 4 is 5.65 Å². The molecule has 0 spiro atoms. The molecule has 84 valence electrons. The van der Waals surface area contributed by atoms with Gasteiger partial charge in [-0.3, -0.25) is 4.40 Å². The van der Waals surface area contributed by atoms with Crippen molar-refractivity contribution in [3.63, 3.8) is 0 Å². The van der Waals surface area contributed by atoms with Crippen LogP contribution in [-0.2, 0) is 0 Å². The number of rotatable bonds is 2. The summed E-state index contributed by atoms with van der Waals surface area (Å²) in [4.78, 5) is 0. The topological polar surface area (TPSA) is 56.2 Å². The van der Waals surface area contributed by atoms with Crippen molar-refractivity contribution in [1.29, 1.82) is 0 Å². The summed E-state index contributed by atoms with van der Waals surface area (Å²) in [6, 6.07) is 15.4. The Morgan fingerprint density at radius 3 is 2.53 bits per heavy atom. The van der Waals surface area contributed by atoms with Gasteiger partial charge in [-0.25, -0.2) is 0 Å². The lowest BCUT2D eigenvalue weighted by Crippen LogP contribution is -2.15. The summed E-state index contributed by atoms with van der Waals surface area (Å²) in [5.41, 5.74) is 8.05. The summed E-state index contributed by atoms with van der Waals surface area (Å²) in [7, 11) is 0. The Kier molecular flexibility index (Phi) is 2.34. The van der Waals surface area contributed by atoms with Gasteiger partial charge < -0.3 is 5.73 Å². The lowest BCUT2D eigenvalue weighted by atomic mass is 10.1. The first-order valence-electron chi connectivity index (χ1n) is 5.46. The molecule has 4 heteroatoms. The number of hydrogen-bond donors (Lipinski definition) is 1. The van der Waals surface area contributed by atoms with E-state index in [0.717, 1.165) is 17.0 Å². The molecule has 0 aliphatic carbocycles. The van der Waals surface area contributed by atoms with Crippen LogP contribution in [0, 0.1) is 0 Å². The molecule has 0 aliphatic heterocycles. The van der Waals surface area contributed by atoms with Crippen molar-refractivity contribution in [2.75, 3.05) is 0 Å². The quantitative estimate of drug-likeness (QED) is 0.721. The summed E-state index contributed by atoms with van der Waals surface area (Å²) >= 11 is 0. The van der Waals surface area contributed by atoms with E-state index in [1.54, 1.807) is 0 Å². The standard InChI is InChI=1S/C13H12N4/c14-12(10-6-2-1-3-7-10)13-16-15-11-8-4-5-9-17(11)13/h1-9,12H,14H2. The minimum Gasteiger partial charge on any atom is -0.318 e. The van der Waals surface area contributed by atoms with E-state index in [4.69, 9.17) is 5.73 Å². The lowest BCUT2D eigenvalue weighted by Gasteiger charge is -2.09. The molecule has 17 heavy (non-hydrogen) atoms. The highest BCUT2D eigenvalue weighted by Gasteiger charge is 2.14. The van der Waals surface area contributed by atoms with E-state index in [1.165, 1.54) is 0 Å². The van der Waals surface area contributed by atoms with Crippen LogP contribution < -0.4 is 5.73 Å². The van der Waals surface area contributed by atoms with Crippen molar-refractivity contribution in [2.24, 2.45) is 5.73 Å². The van der Waals surface area contributed by atoms with Gasteiger partial charge in [0, 0.05) is 6.20 Å². The molecular formula is C13H12N4. The number of fused-ring (bicyclic) bond motifs is 1. The minimum atomic E-state index is -0.256. The van der Waals surface area contributed by atoms with Crippen LogP contribution in [0.15, 0.2) is 54.7 Å². The summed E-state index contributed by atoms with van der Waals surface area (Å²) in [5.74, 6) is 0.756. The molecule has 4 nitrogen and oxygen atoms in total. The number of aromatic nitrogens is 3. The number of hydrogen-bond acceptors (Lipinski definition) is 3. The molecule has 0 amide bonds. The van der Waals surface area contributed by atoms with Crippen molar-refractivity contribution in [2.45, 2.75) is 6.04 Å². The van der Waals surface area contributed by atoms with Crippen molar-refractivity contribution in [3.8, 4) is 0 Å². The first kappa shape index (κ1) is 9.99. The van der Waals surface area contributed by atoms with E-state index in [2.05, 4.69) is 10.2 Å². The molecule has 0 saturated heterocycles. The van der Waals surface area contributed by atoms with Gasteiger partial charge in [0.2, 0.25) is 0 Å². The molecule has 0 saturated carbocycles. The van der Waals surface area contributed by atoms with Gasteiger partial charge in [0.05, 0.1) is 6.04 Å². The second-order valence-electron chi connectivity index (χ2n) is 3.88. The van der Waals surface area contributed by atoms with Gasteiger partial charge in [0.15, 0.2) is 11.5 Å². The van der Waals surface area contributed by atoms with Crippen LogP contribution in [0.5, 0.6) is 0 Å². The molecule has 1 atom stereocenters. The SMILES string of the molecule is NC(c1ccccc1)c1nnc2ccccn12. The molecule has 3 rings (SSSR count). The van der Waals surface area contributed by atoms with Gasteiger partial charge in [-0.2, -0.15) is 0 Å². The highest BCUT2D eigenvalue weighted by molar-refractivity contribution is 5.39. The van der Waals surface area contributed by atoms with E-state index < -0.39 is 0 Å². The monoisotopic (exact) mass is 224 g/mol. The first-order chi connectivity index (χ1) is 8.36. The van der Waals surface area contributed by atoms with Crippen LogP contribution in [-0.4, -0.2) is 14.6 Å². The predicted octanol–water partition coefficient (Wildman–Crippen LogP) is 1.78. The molecule has 3 aromatic rings. The number of nitrogens with zero attached hydrogens (tertiary/aromatic N) is 3. The van der Waals surface area contributed by atoms with Crippen LogP contribution in [0.3, 0.4) is 0 Å². The van der Waals surface area contributed by atoms with Gasteiger partial charge in [-0.15, -0.1) is 10.2 Å². The average Bonchev–Trinajstić information content (AvgIpc) is 2.83. The van der Waals surface area contributed by atoms with Gasteiger partial charge in [-0.1, -0.05) is 36.4 Å². The fraction of sp³-hybridized carbons (Fsp3) is 0.0769. The van der Waals surface area contributed by atoms with Crippen LogP contribution in [0.2, 0.25) is 0 Å². The molecule has 1 unspecified atom stereocenters. The minimum absolute atomic E-state index is 0.256. The fourth-order valence-electron chi connectivity index (χ4n) is 1.88. The Morgan fingerprint density at radius 2 is 1.71 bits per heavy atom. The molecule has 2 N–H and O–H groups in total. The molecule has 0 radical (unpaired) electrons. The van der Waals surface area contributed by atoms with Gasteiger partial charge in [0.25, 0.3) is 0 Å².